The first-order chi connectivity index (χ1) is 12.5. The molecule has 1 saturated heterocycles. The highest BCUT2D eigenvalue weighted by Crippen LogP contribution is 2.57. The summed E-state index contributed by atoms with van der Waals surface area (Å²) in [4.78, 5) is 39.1. The number of carbonyl (C=O) groups excluding carboxylic acids is 3. The lowest BCUT2D eigenvalue weighted by Crippen LogP contribution is -2.33. The molecule has 0 aromatic heterocycles. The number of amides is 2. The predicted molar refractivity (Wildman–Crippen MR) is 96.4 cm³/mol. The van der Waals surface area contributed by atoms with Crippen LogP contribution in [0.15, 0.2) is 47.6 Å². The largest absolute Gasteiger partial charge is 0.462 e. The van der Waals surface area contributed by atoms with E-state index in [4.69, 9.17) is 4.74 Å². The van der Waals surface area contributed by atoms with Crippen LogP contribution in [0.4, 0.5) is 5.69 Å². The molecule has 0 radical (unpaired) electrons. The first-order valence-electron chi connectivity index (χ1n) is 8.96. The fraction of sp³-hybridized carbons (Fsp3) is 0.381. The number of nitrogens with zero attached hydrogens (tertiary/aromatic N) is 1. The summed E-state index contributed by atoms with van der Waals surface area (Å²) in [5, 5.41) is 0. The molecule has 5 nitrogen and oxygen atoms in total. The van der Waals surface area contributed by atoms with Crippen LogP contribution in [0, 0.1) is 23.7 Å². The minimum atomic E-state index is -0.412. The summed E-state index contributed by atoms with van der Waals surface area (Å²) in [6, 6.07) is 6.47. The molecule has 4 rings (SSSR count). The summed E-state index contributed by atoms with van der Waals surface area (Å²) in [6.45, 7) is 6.14. The maximum absolute atomic E-state index is 13.0. The third-order valence-electron chi connectivity index (χ3n) is 5.63. The quantitative estimate of drug-likeness (QED) is 0.477. The van der Waals surface area contributed by atoms with E-state index in [9.17, 15) is 14.4 Å². The molecule has 2 amide bonds. The van der Waals surface area contributed by atoms with Gasteiger partial charge in [0, 0.05) is 11.8 Å². The summed E-state index contributed by atoms with van der Waals surface area (Å²) in [5.41, 5.74) is 3.35. The molecule has 4 atom stereocenters. The van der Waals surface area contributed by atoms with Gasteiger partial charge in [-0.2, -0.15) is 0 Å². The lowest BCUT2D eigenvalue weighted by molar-refractivity contribution is -0.122. The molecule has 134 valence electrons. The van der Waals surface area contributed by atoms with Crippen molar-refractivity contribution in [2.24, 2.45) is 23.7 Å². The number of rotatable bonds is 3. The molecule has 2 aliphatic carbocycles. The summed E-state index contributed by atoms with van der Waals surface area (Å²) in [5.74, 6) is -1.21. The number of esters is 1. The topological polar surface area (TPSA) is 63.7 Å². The molecule has 1 aliphatic heterocycles. The van der Waals surface area contributed by atoms with Crippen molar-refractivity contribution in [1.29, 1.82) is 0 Å². The van der Waals surface area contributed by atoms with Crippen LogP contribution in [0.5, 0.6) is 0 Å². The molecule has 2 fully saturated rings. The number of hydrogen-bond donors (Lipinski definition) is 0. The first-order valence-corrected chi connectivity index (χ1v) is 8.96. The van der Waals surface area contributed by atoms with Gasteiger partial charge in [-0.1, -0.05) is 23.3 Å². The van der Waals surface area contributed by atoms with Gasteiger partial charge < -0.3 is 4.74 Å². The fourth-order valence-corrected chi connectivity index (χ4v) is 4.65. The zero-order valence-electron chi connectivity index (χ0n) is 15.1. The number of carbonyl (C=O) groups is 3. The van der Waals surface area contributed by atoms with E-state index in [2.05, 4.69) is 12.2 Å². The average molecular weight is 351 g/mol. The molecule has 1 saturated carbocycles. The van der Waals surface area contributed by atoms with Crippen LogP contribution in [0.25, 0.3) is 0 Å². The summed E-state index contributed by atoms with van der Waals surface area (Å²) in [7, 11) is 0. The highest BCUT2D eigenvalue weighted by molar-refractivity contribution is 6.23. The van der Waals surface area contributed by atoms with Crippen LogP contribution < -0.4 is 4.90 Å². The molecule has 1 aromatic rings. The Bertz CT molecular complexity index is 827. The van der Waals surface area contributed by atoms with Crippen molar-refractivity contribution >= 4 is 23.5 Å². The van der Waals surface area contributed by atoms with Gasteiger partial charge in [-0.15, -0.1) is 0 Å². The maximum atomic E-state index is 13.0. The van der Waals surface area contributed by atoms with E-state index in [1.54, 1.807) is 31.2 Å². The Kier molecular flexibility index (Phi) is 3.83. The monoisotopic (exact) mass is 351 g/mol. The van der Waals surface area contributed by atoms with Crippen molar-refractivity contribution in [3.63, 3.8) is 0 Å². The van der Waals surface area contributed by atoms with E-state index in [1.165, 1.54) is 16.0 Å². The van der Waals surface area contributed by atoms with Gasteiger partial charge >= 0.3 is 5.97 Å². The van der Waals surface area contributed by atoms with Crippen molar-refractivity contribution < 1.29 is 19.1 Å². The van der Waals surface area contributed by atoms with Gasteiger partial charge in [-0.25, -0.2) is 9.69 Å². The van der Waals surface area contributed by atoms with Crippen LogP contribution in [-0.2, 0) is 14.3 Å². The Hall–Kier alpha value is -2.69. The standard InChI is InChI=1S/C21H21NO4/c1-4-26-21(25)12-5-7-13(8-6-12)22-19(23)17-14-9-10-15(16(14)11(2)3)18(17)20(22)24/h5-10,14-15,17-18H,4H2,1-3H3/t14-,15+,17-,18-/m0/s1. The zero-order chi connectivity index (χ0) is 18.6. The van der Waals surface area contributed by atoms with Crippen molar-refractivity contribution in [3.8, 4) is 0 Å². The van der Waals surface area contributed by atoms with Gasteiger partial charge in [-0.3, -0.25) is 9.59 Å². The second kappa shape index (κ2) is 5.94. The third-order valence-corrected chi connectivity index (χ3v) is 5.63. The number of fused-ring (bicyclic) bond motifs is 5. The molecule has 3 aliphatic rings. The smallest absolute Gasteiger partial charge is 0.338 e. The number of anilines is 1. The number of ether oxygens (including phenoxy) is 1. The van der Waals surface area contributed by atoms with Crippen LogP contribution in [0.3, 0.4) is 0 Å². The van der Waals surface area contributed by atoms with Gasteiger partial charge in [0.05, 0.1) is 29.7 Å². The van der Waals surface area contributed by atoms with Crippen LogP contribution in [-0.4, -0.2) is 24.4 Å². The Morgan fingerprint density at radius 3 is 2.00 bits per heavy atom. The van der Waals surface area contributed by atoms with Crippen molar-refractivity contribution in [2.45, 2.75) is 20.8 Å². The zero-order valence-corrected chi connectivity index (χ0v) is 15.1. The summed E-state index contributed by atoms with van der Waals surface area (Å²) in [6.07, 6.45) is 4.15. The van der Waals surface area contributed by atoms with Gasteiger partial charge in [0.2, 0.25) is 11.8 Å². The Labute approximate surface area is 152 Å². The average Bonchev–Trinajstić information content (AvgIpc) is 3.25. The van der Waals surface area contributed by atoms with E-state index >= 15 is 0 Å². The van der Waals surface area contributed by atoms with Crippen LogP contribution in [0.2, 0.25) is 0 Å². The lowest BCUT2D eigenvalue weighted by Gasteiger charge is -2.19. The first kappa shape index (κ1) is 16.8. The number of allylic oxidation sites excluding steroid dienone is 4. The molecular formula is C21H21NO4. The fourth-order valence-electron chi connectivity index (χ4n) is 4.65. The molecule has 0 N–H and O–H groups in total. The van der Waals surface area contributed by atoms with Gasteiger partial charge in [0.15, 0.2) is 0 Å². The Balaban J connectivity index is 1.64. The Morgan fingerprint density at radius 2 is 1.54 bits per heavy atom. The highest BCUT2D eigenvalue weighted by Gasteiger charge is 2.61. The summed E-state index contributed by atoms with van der Waals surface area (Å²) >= 11 is 0. The minimum Gasteiger partial charge on any atom is -0.462 e. The molecule has 0 unspecified atom stereocenters. The molecular weight excluding hydrogens is 330 g/mol. The lowest BCUT2D eigenvalue weighted by atomic mass is 9.85. The highest BCUT2D eigenvalue weighted by atomic mass is 16.5. The molecule has 2 bridgehead atoms. The molecule has 0 spiro atoms. The molecule has 1 heterocycles. The van der Waals surface area contributed by atoms with E-state index in [0.29, 0.717) is 17.9 Å². The van der Waals surface area contributed by atoms with E-state index in [-0.39, 0.29) is 35.5 Å². The van der Waals surface area contributed by atoms with Gasteiger partial charge in [0.25, 0.3) is 0 Å². The third kappa shape index (κ3) is 2.19. The van der Waals surface area contributed by atoms with Gasteiger partial charge in [0.1, 0.15) is 0 Å². The van der Waals surface area contributed by atoms with E-state index in [0.717, 1.165) is 0 Å². The molecule has 5 heteroatoms. The number of benzene rings is 1. The second-order valence-corrected chi connectivity index (χ2v) is 7.22. The number of hydrogen-bond acceptors (Lipinski definition) is 4. The van der Waals surface area contributed by atoms with Gasteiger partial charge in [-0.05, 0) is 45.0 Å². The maximum Gasteiger partial charge on any atom is 0.338 e. The summed E-state index contributed by atoms with van der Waals surface area (Å²) < 4.78 is 4.97. The number of imide groups is 1. The Morgan fingerprint density at radius 1 is 1.00 bits per heavy atom. The van der Waals surface area contributed by atoms with Crippen LogP contribution >= 0.6 is 0 Å². The molecule has 1 aromatic carbocycles. The van der Waals surface area contributed by atoms with Crippen molar-refractivity contribution in [1.82, 2.24) is 0 Å². The van der Waals surface area contributed by atoms with E-state index in [1.807, 2.05) is 13.8 Å². The van der Waals surface area contributed by atoms with Crippen molar-refractivity contribution in [2.75, 3.05) is 11.5 Å². The van der Waals surface area contributed by atoms with Crippen molar-refractivity contribution in [3.05, 3.63) is 53.1 Å². The predicted octanol–water partition coefficient (Wildman–Crippen LogP) is 3.12. The molecule has 26 heavy (non-hydrogen) atoms. The van der Waals surface area contributed by atoms with E-state index < -0.39 is 5.97 Å². The van der Waals surface area contributed by atoms with Crippen LogP contribution in [0.1, 0.15) is 31.1 Å². The minimum absolute atomic E-state index is 0.0373. The normalized spacial score (nSPS) is 28.7. The SMILES string of the molecule is CCOC(=O)c1ccc(N2C(=O)[C@@H]3[C@@H](C2=O)[C@H]2C=C[C@@H]3C2=C(C)C)cc1. The second-order valence-electron chi connectivity index (χ2n) is 7.22.